The van der Waals surface area contributed by atoms with Crippen molar-refractivity contribution < 1.29 is 40.4 Å². The van der Waals surface area contributed by atoms with E-state index in [1.807, 2.05) is 0 Å². The number of hydrogen-bond acceptors (Lipinski definition) is 7. The number of rotatable bonds is 7. The first-order valence-corrected chi connectivity index (χ1v) is 11.6. The van der Waals surface area contributed by atoms with Crippen molar-refractivity contribution in [3.05, 3.63) is 35.9 Å². The average molecular weight is 479 g/mol. The number of nitrogens with zero attached hydrogens (tertiary/aromatic N) is 1. The van der Waals surface area contributed by atoms with Crippen LogP contribution in [0.2, 0.25) is 0 Å². The Labute approximate surface area is 186 Å². The van der Waals surface area contributed by atoms with Gasteiger partial charge < -0.3 is 19.7 Å². The topological polar surface area (TPSA) is 111 Å². The second-order valence-electron chi connectivity index (χ2n) is 8.59. The van der Waals surface area contributed by atoms with Gasteiger partial charge in [-0.1, -0.05) is 30.3 Å². The molecule has 0 spiro atoms. The van der Waals surface area contributed by atoms with E-state index in [0.717, 1.165) is 4.90 Å². The molecule has 1 N–H and O–H groups in total. The maximum atomic E-state index is 15.2. The van der Waals surface area contributed by atoms with Crippen molar-refractivity contribution in [1.29, 1.82) is 0 Å². The predicted molar refractivity (Wildman–Crippen MR) is 111 cm³/mol. The first-order chi connectivity index (χ1) is 14.6. The number of amides is 2. The molecule has 1 heterocycles. The fourth-order valence-corrected chi connectivity index (χ4v) is 3.42. The predicted octanol–water partition coefficient (Wildman–Crippen LogP) is 2.90. The van der Waals surface area contributed by atoms with E-state index in [1.165, 1.54) is 0 Å². The van der Waals surface area contributed by atoms with Gasteiger partial charge in [-0.3, -0.25) is 4.18 Å². The number of nitrogens with one attached hydrogen (secondary N) is 1. The minimum absolute atomic E-state index is 0.150. The highest BCUT2D eigenvalue weighted by Gasteiger charge is 2.60. The number of halogens is 2. The molecule has 0 aromatic heterocycles. The van der Waals surface area contributed by atoms with Crippen LogP contribution in [-0.2, 0) is 30.4 Å². The minimum atomic E-state index is -4.17. The summed E-state index contributed by atoms with van der Waals surface area (Å²) in [6, 6.07) is 8.61. The van der Waals surface area contributed by atoms with Crippen LogP contribution in [-0.4, -0.2) is 68.5 Å². The molecular weight excluding hydrogens is 450 g/mol. The Balaban J connectivity index is 2.19. The second kappa shape index (κ2) is 9.57. The second-order valence-corrected chi connectivity index (χ2v) is 10.2. The lowest BCUT2D eigenvalue weighted by molar-refractivity contribution is -0.110. The molecule has 1 fully saturated rings. The number of hydrogen-bond donors (Lipinski definition) is 1. The zero-order valence-electron chi connectivity index (χ0n) is 18.4. The van der Waals surface area contributed by atoms with Crippen LogP contribution in [0.1, 0.15) is 32.8 Å². The minimum Gasteiger partial charge on any atom is -0.445 e. The van der Waals surface area contributed by atoms with Crippen LogP contribution in [0, 0.1) is 0 Å². The SMILES string of the molecule is CC(C)(C)OC(=O)N1CCC(NC(=O)OCc2ccccc2)(C(F)(F)COS(C)(=O)=O)C1. The lowest BCUT2D eigenvalue weighted by Gasteiger charge is -2.37. The van der Waals surface area contributed by atoms with Crippen molar-refractivity contribution in [1.82, 2.24) is 10.2 Å². The first-order valence-electron chi connectivity index (χ1n) is 9.82. The van der Waals surface area contributed by atoms with E-state index in [1.54, 1.807) is 51.1 Å². The molecule has 0 bridgehead atoms. The normalized spacial score (nSPS) is 19.5. The lowest BCUT2D eigenvalue weighted by Crippen LogP contribution is -2.64. The molecule has 180 valence electrons. The largest absolute Gasteiger partial charge is 0.445 e. The lowest BCUT2D eigenvalue weighted by atomic mass is 9.90. The van der Waals surface area contributed by atoms with Gasteiger partial charge in [0.1, 0.15) is 24.4 Å². The summed E-state index contributed by atoms with van der Waals surface area (Å²) in [6.45, 7) is 2.44. The van der Waals surface area contributed by atoms with Crippen molar-refractivity contribution in [2.45, 2.75) is 50.9 Å². The van der Waals surface area contributed by atoms with Gasteiger partial charge in [-0.25, -0.2) is 18.4 Å². The number of alkyl halides is 2. The summed E-state index contributed by atoms with van der Waals surface area (Å²) in [5, 5.41) is 2.15. The monoisotopic (exact) mass is 478 g/mol. The summed E-state index contributed by atoms with van der Waals surface area (Å²) >= 11 is 0. The van der Waals surface area contributed by atoms with Crippen LogP contribution in [0.3, 0.4) is 0 Å². The van der Waals surface area contributed by atoms with Gasteiger partial charge in [-0.2, -0.15) is 8.42 Å². The molecule has 0 radical (unpaired) electrons. The maximum absolute atomic E-state index is 15.2. The molecule has 1 aromatic rings. The van der Waals surface area contributed by atoms with Crippen LogP contribution < -0.4 is 5.32 Å². The summed E-state index contributed by atoms with van der Waals surface area (Å²) in [5.74, 6) is -3.85. The Kier molecular flexibility index (Phi) is 7.71. The van der Waals surface area contributed by atoms with Gasteiger partial charge in [0, 0.05) is 6.54 Å². The zero-order chi connectivity index (χ0) is 24.2. The molecule has 1 aliphatic rings. The van der Waals surface area contributed by atoms with Gasteiger partial charge in [0.05, 0.1) is 12.8 Å². The van der Waals surface area contributed by atoms with Crippen molar-refractivity contribution in [2.75, 3.05) is 26.0 Å². The van der Waals surface area contributed by atoms with E-state index >= 15 is 8.78 Å². The van der Waals surface area contributed by atoms with Crippen LogP contribution >= 0.6 is 0 Å². The summed E-state index contributed by atoms with van der Waals surface area (Å²) < 4.78 is 67.5. The Morgan fingerprint density at radius 1 is 1.19 bits per heavy atom. The summed E-state index contributed by atoms with van der Waals surface area (Å²) in [7, 11) is -4.17. The highest BCUT2D eigenvalue weighted by atomic mass is 32.2. The third-order valence-corrected chi connectivity index (χ3v) is 5.18. The van der Waals surface area contributed by atoms with E-state index in [-0.39, 0.29) is 19.6 Å². The van der Waals surface area contributed by atoms with Gasteiger partial charge in [0.15, 0.2) is 0 Å². The van der Waals surface area contributed by atoms with Crippen molar-refractivity contribution in [3.63, 3.8) is 0 Å². The fraction of sp³-hybridized carbons (Fsp3) is 0.600. The van der Waals surface area contributed by atoms with Gasteiger partial charge in [-0.05, 0) is 32.8 Å². The molecule has 1 aliphatic heterocycles. The maximum Gasteiger partial charge on any atom is 0.410 e. The van der Waals surface area contributed by atoms with Crippen molar-refractivity contribution in [3.8, 4) is 0 Å². The Hall–Kier alpha value is -2.47. The van der Waals surface area contributed by atoms with Crippen LogP contribution in [0.4, 0.5) is 18.4 Å². The van der Waals surface area contributed by atoms with E-state index in [2.05, 4.69) is 9.50 Å². The Morgan fingerprint density at radius 2 is 1.81 bits per heavy atom. The molecule has 9 nitrogen and oxygen atoms in total. The van der Waals surface area contributed by atoms with E-state index in [0.29, 0.717) is 11.8 Å². The van der Waals surface area contributed by atoms with Crippen molar-refractivity contribution >= 4 is 22.3 Å². The molecule has 2 rings (SSSR count). The zero-order valence-corrected chi connectivity index (χ0v) is 19.2. The summed E-state index contributed by atoms with van der Waals surface area (Å²) in [6.07, 6.45) is -1.70. The standard InChI is InChI=1S/C20H28F2N2O7S/c1-18(2,3)31-17(26)24-11-10-19(13-24,20(21,22)14-30-32(4,27)28)23-16(25)29-12-15-8-6-5-7-9-15/h5-9H,10-14H2,1-4H3,(H,23,25). The number of carbonyl (C=O) groups excluding carboxylic acids is 2. The fourth-order valence-electron chi connectivity index (χ4n) is 3.06. The molecule has 0 saturated carbocycles. The Morgan fingerprint density at radius 3 is 2.38 bits per heavy atom. The molecule has 1 atom stereocenters. The molecule has 1 unspecified atom stereocenters. The highest BCUT2D eigenvalue weighted by Crippen LogP contribution is 2.38. The van der Waals surface area contributed by atoms with Crippen LogP contribution in [0.5, 0.6) is 0 Å². The molecule has 1 saturated heterocycles. The number of benzene rings is 1. The molecule has 12 heteroatoms. The number of carbonyl (C=O) groups is 2. The molecule has 2 amide bonds. The number of alkyl carbamates (subject to hydrolysis) is 1. The first kappa shape index (κ1) is 25.8. The number of likely N-dealkylation sites (tertiary alicyclic amines) is 1. The third kappa shape index (κ3) is 7.30. The molecular formula is C20H28F2N2O7S. The average Bonchev–Trinajstić information content (AvgIpc) is 3.10. The molecule has 0 aliphatic carbocycles. The van der Waals surface area contributed by atoms with Crippen molar-refractivity contribution in [2.24, 2.45) is 0 Å². The quantitative estimate of drug-likeness (QED) is 0.600. The van der Waals surface area contributed by atoms with Gasteiger partial charge in [0.25, 0.3) is 16.0 Å². The van der Waals surface area contributed by atoms with Gasteiger partial charge in [-0.15, -0.1) is 0 Å². The van der Waals surface area contributed by atoms with Crippen LogP contribution in [0.15, 0.2) is 30.3 Å². The van der Waals surface area contributed by atoms with E-state index < -0.39 is 52.5 Å². The highest BCUT2D eigenvalue weighted by molar-refractivity contribution is 7.85. The Bertz CT molecular complexity index is 920. The van der Waals surface area contributed by atoms with E-state index in [9.17, 15) is 18.0 Å². The third-order valence-electron chi connectivity index (χ3n) is 4.63. The molecule has 32 heavy (non-hydrogen) atoms. The van der Waals surface area contributed by atoms with Gasteiger partial charge in [0.2, 0.25) is 0 Å². The van der Waals surface area contributed by atoms with Crippen LogP contribution in [0.25, 0.3) is 0 Å². The number of ether oxygens (including phenoxy) is 2. The summed E-state index contributed by atoms with van der Waals surface area (Å²) in [5.41, 5.74) is -2.53. The van der Waals surface area contributed by atoms with Gasteiger partial charge >= 0.3 is 12.2 Å². The smallest absolute Gasteiger partial charge is 0.410 e. The van der Waals surface area contributed by atoms with E-state index in [4.69, 9.17) is 9.47 Å². The molecule has 1 aromatic carbocycles. The summed E-state index contributed by atoms with van der Waals surface area (Å²) in [4.78, 5) is 25.8.